The summed E-state index contributed by atoms with van der Waals surface area (Å²) in [5.41, 5.74) is -2.65. The van der Waals surface area contributed by atoms with E-state index in [0.29, 0.717) is 10.1 Å². The molecule has 0 saturated carbocycles. The molecule has 4 heterocycles. The van der Waals surface area contributed by atoms with Gasteiger partial charge in [0.05, 0.1) is 0 Å². The Kier molecular flexibility index (Phi) is 10.4. The molecule has 12 nitrogen and oxygen atoms in total. The topological polar surface area (TPSA) is 174 Å². The second-order valence-corrected chi connectivity index (χ2v) is 11.7. The molecule has 4 aliphatic rings. The van der Waals surface area contributed by atoms with E-state index in [0.717, 1.165) is 19.6 Å². The first-order valence-corrected chi connectivity index (χ1v) is 11.9. The maximum atomic E-state index is 12.2. The van der Waals surface area contributed by atoms with Crippen molar-refractivity contribution in [1.29, 1.82) is 0 Å². The summed E-state index contributed by atoms with van der Waals surface area (Å²) in [5, 5.41) is 33.3. The monoisotopic (exact) mass is 584 g/mol. The van der Waals surface area contributed by atoms with Crippen molar-refractivity contribution in [2.24, 2.45) is 0 Å². The van der Waals surface area contributed by atoms with Gasteiger partial charge in [-0.15, -0.1) is 10.1 Å². The Hall–Kier alpha value is -1.48. The van der Waals surface area contributed by atoms with Gasteiger partial charge < -0.3 is 21.6 Å². The molecular formula is C20H36N6O6S2Zn+4. The molecule has 0 radical (unpaired) electrons. The summed E-state index contributed by atoms with van der Waals surface area (Å²) in [4.78, 5) is 24.4. The Balaban J connectivity index is 0.000000608. The van der Waals surface area contributed by atoms with E-state index in [9.17, 15) is 20.2 Å². The minimum Gasteiger partial charge on any atom is -0.412 e. The van der Waals surface area contributed by atoms with Crippen LogP contribution in [0.1, 0.15) is 55.4 Å². The Labute approximate surface area is 226 Å². The zero-order valence-electron chi connectivity index (χ0n) is 21.3. The molecule has 2 saturated heterocycles. The van der Waals surface area contributed by atoms with E-state index in [4.69, 9.17) is 0 Å². The molecule has 0 bridgehead atoms. The molecule has 2 fully saturated rings. The van der Waals surface area contributed by atoms with Crippen LogP contribution in [-0.2, 0) is 19.5 Å². The van der Waals surface area contributed by atoms with Gasteiger partial charge in [0.1, 0.15) is 0 Å². The smallest absolute Gasteiger partial charge is 0.412 e. The maximum absolute atomic E-state index is 12.2. The molecule has 4 aliphatic heterocycles. The van der Waals surface area contributed by atoms with Crippen molar-refractivity contribution >= 4 is 23.5 Å². The summed E-state index contributed by atoms with van der Waals surface area (Å²) < 4.78 is 1.74. The van der Waals surface area contributed by atoms with Crippen molar-refractivity contribution < 1.29 is 50.4 Å². The van der Waals surface area contributed by atoms with Gasteiger partial charge in [0.15, 0.2) is 32.2 Å². The molecule has 8 N–H and O–H groups in total. The van der Waals surface area contributed by atoms with Crippen molar-refractivity contribution in [3.63, 3.8) is 0 Å². The van der Waals surface area contributed by atoms with Crippen LogP contribution < -0.4 is 10.6 Å². The number of nitroso groups, excluding NO2 is 2. The van der Waals surface area contributed by atoms with Crippen LogP contribution in [0.25, 0.3) is 0 Å². The molecule has 192 valence electrons. The second kappa shape index (κ2) is 10.9. The van der Waals surface area contributed by atoms with Gasteiger partial charge in [-0.25, -0.2) is 10.4 Å². The first-order valence-electron chi connectivity index (χ1n) is 10.2. The van der Waals surface area contributed by atoms with Crippen LogP contribution in [0.3, 0.4) is 0 Å². The fraction of sp³-hybridized carbons (Fsp3) is 0.600. The average molecular weight is 586 g/mol. The summed E-state index contributed by atoms with van der Waals surface area (Å²) in [6.45, 7) is 14.7. The molecule has 4 rings (SSSR count). The quantitative estimate of drug-likeness (QED) is 0.244. The van der Waals surface area contributed by atoms with Gasteiger partial charge in [0, 0.05) is 12.4 Å². The number of hydroxylamine groups is 4. The second-order valence-electron chi connectivity index (χ2n) is 9.88. The van der Waals surface area contributed by atoms with Crippen LogP contribution >= 0.6 is 23.5 Å². The molecule has 0 aromatic heterocycles. The van der Waals surface area contributed by atoms with E-state index in [1.807, 2.05) is 66.2 Å². The zero-order chi connectivity index (χ0) is 24.3. The number of rotatable bonds is 0. The van der Waals surface area contributed by atoms with Crippen molar-refractivity contribution in [2.75, 3.05) is 0 Å². The third kappa shape index (κ3) is 4.91. The number of hydrogen-bond donors (Lipinski definition) is 4. The molecule has 35 heavy (non-hydrogen) atoms. The van der Waals surface area contributed by atoms with Crippen molar-refractivity contribution in [3.05, 3.63) is 54.7 Å². The largest absolute Gasteiger partial charge is 2.00 e. The van der Waals surface area contributed by atoms with E-state index in [2.05, 4.69) is 10.6 Å². The third-order valence-corrected chi connectivity index (χ3v) is 8.81. The number of nitrogens with one attached hydrogen (secondary N) is 2. The standard InChI is InChI=1S/2C10H16N3O2S.2H2O.Zn/c2*1-9(2)10(3,4)13(15)8(12(9)14)7-11-5-6-16-7;;;/h2*5-6,11,14H,1-4H3;2*1H2;/q2*+1;;;+2. The molecule has 0 spiro atoms. The molecule has 0 atom stereocenters. The molecule has 0 amide bonds. The van der Waals surface area contributed by atoms with Gasteiger partial charge in [0.2, 0.25) is 0 Å². The van der Waals surface area contributed by atoms with Crippen LogP contribution in [0.4, 0.5) is 0 Å². The van der Waals surface area contributed by atoms with E-state index in [1.165, 1.54) is 23.5 Å². The van der Waals surface area contributed by atoms with E-state index >= 15 is 0 Å². The van der Waals surface area contributed by atoms with Crippen LogP contribution in [-0.4, -0.2) is 63.2 Å². The average Bonchev–Trinajstić information content (AvgIpc) is 3.45. The van der Waals surface area contributed by atoms with Gasteiger partial charge in [0.25, 0.3) is 0 Å². The van der Waals surface area contributed by atoms with Gasteiger partial charge in [-0.05, 0) is 75.7 Å². The Bertz CT molecular complexity index is 895. The summed E-state index contributed by atoms with van der Waals surface area (Å²) in [6, 6.07) is 0. The molecule has 0 aromatic carbocycles. The minimum absolute atomic E-state index is 0. The number of hydrogen-bond acceptors (Lipinski definition) is 10. The number of thioether (sulfide) groups is 2. The van der Waals surface area contributed by atoms with Crippen LogP contribution in [0.15, 0.2) is 44.9 Å². The van der Waals surface area contributed by atoms with Crippen LogP contribution in [0, 0.1) is 9.81 Å². The first-order chi connectivity index (χ1) is 14.6. The molecule has 0 aromatic rings. The van der Waals surface area contributed by atoms with E-state index in [1.54, 1.807) is 12.4 Å². The minimum atomic E-state index is -0.686. The Morgan fingerprint density at radius 1 is 0.714 bits per heavy atom. The molecule has 0 aliphatic carbocycles. The SMILES string of the molecule is CC1(C)N(O)C(=C2NC=CS2)[N+](=O)C1(C)C.CC1(C)N(O)C(=C2NC=CS2)[N+](=O)C1(C)C.O.O.[Zn+2]. The zero-order valence-corrected chi connectivity index (χ0v) is 25.9. The maximum Gasteiger partial charge on any atom is 2.00 e. The summed E-state index contributed by atoms with van der Waals surface area (Å²) in [5.74, 6) is 0.565. The van der Waals surface area contributed by atoms with Gasteiger partial charge >= 0.3 is 31.1 Å². The summed E-state index contributed by atoms with van der Waals surface area (Å²) in [7, 11) is 0. The van der Waals surface area contributed by atoms with Crippen LogP contribution in [0.2, 0.25) is 0 Å². The van der Waals surface area contributed by atoms with Crippen molar-refractivity contribution in [1.82, 2.24) is 20.8 Å². The van der Waals surface area contributed by atoms with Gasteiger partial charge in [-0.1, -0.05) is 33.3 Å². The fourth-order valence-electron chi connectivity index (χ4n) is 3.35. The van der Waals surface area contributed by atoms with Crippen molar-refractivity contribution in [2.45, 2.75) is 77.5 Å². The fourth-order valence-corrected chi connectivity index (χ4v) is 4.72. The van der Waals surface area contributed by atoms with E-state index < -0.39 is 22.2 Å². The molecule has 15 heteroatoms. The van der Waals surface area contributed by atoms with Crippen LogP contribution in [0.5, 0.6) is 0 Å². The van der Waals surface area contributed by atoms with Gasteiger partial charge in [-0.2, -0.15) is 0 Å². The third-order valence-electron chi connectivity index (χ3n) is 7.20. The number of nitrogens with zero attached hydrogens (tertiary/aromatic N) is 4. The predicted octanol–water partition coefficient (Wildman–Crippen LogP) is 2.27. The summed E-state index contributed by atoms with van der Waals surface area (Å²) >= 11 is 2.79. The van der Waals surface area contributed by atoms with E-state index in [-0.39, 0.29) is 42.1 Å². The first kappa shape index (κ1) is 33.5. The summed E-state index contributed by atoms with van der Waals surface area (Å²) in [6.07, 6.45) is 3.49. The normalized spacial score (nSPS) is 28.4. The Morgan fingerprint density at radius 2 is 1.00 bits per heavy atom. The molecule has 0 unspecified atom stereocenters. The van der Waals surface area contributed by atoms with Gasteiger partial charge in [-0.3, -0.25) is 0 Å². The Morgan fingerprint density at radius 3 is 1.17 bits per heavy atom. The predicted molar refractivity (Wildman–Crippen MR) is 132 cm³/mol. The van der Waals surface area contributed by atoms with Crippen molar-refractivity contribution in [3.8, 4) is 0 Å². The molecular weight excluding hydrogens is 550 g/mol.